The maximum absolute atomic E-state index is 12.9. The summed E-state index contributed by atoms with van der Waals surface area (Å²) in [5.74, 6) is 0. The number of nitrogens with one attached hydrogen (secondary N) is 1. The van der Waals surface area contributed by atoms with Crippen LogP contribution in [0.25, 0.3) is 0 Å². The zero-order valence-electron chi connectivity index (χ0n) is 21.4. The number of aryl methyl sites for hydroxylation is 1. The normalized spacial score (nSPS) is 18.6. The molecule has 1 aromatic heterocycles. The van der Waals surface area contributed by atoms with Crippen LogP contribution >= 0.6 is 0 Å². The van der Waals surface area contributed by atoms with Crippen LogP contribution in [0.3, 0.4) is 0 Å². The van der Waals surface area contributed by atoms with E-state index in [1.165, 1.54) is 23.1 Å². The molecule has 2 aromatic rings. The Morgan fingerprint density at radius 2 is 1.76 bits per heavy atom. The van der Waals surface area contributed by atoms with Crippen LogP contribution in [0.5, 0.6) is 0 Å². The summed E-state index contributed by atoms with van der Waals surface area (Å²) >= 11 is 0. The van der Waals surface area contributed by atoms with Crippen LogP contribution in [0.1, 0.15) is 49.6 Å². The highest BCUT2D eigenvalue weighted by Crippen LogP contribution is 2.15. The van der Waals surface area contributed by atoms with Gasteiger partial charge in [0.05, 0.1) is 5.69 Å². The Hall–Kier alpha value is -1.86. The third-order valence-corrected chi connectivity index (χ3v) is 6.02. The van der Waals surface area contributed by atoms with E-state index in [0.717, 1.165) is 56.5 Å². The first-order valence-corrected chi connectivity index (χ1v) is 12.5. The van der Waals surface area contributed by atoms with Gasteiger partial charge in [-0.05, 0) is 69.6 Å². The predicted octanol–water partition coefficient (Wildman–Crippen LogP) is 4.46. The molecule has 2 aliphatic rings. The van der Waals surface area contributed by atoms with E-state index in [0.29, 0.717) is 19.1 Å². The molecule has 6 heteroatoms. The topological polar surface area (TPSA) is 34.6 Å². The van der Waals surface area contributed by atoms with E-state index < -0.39 is 0 Å². The molecule has 2 aliphatic heterocycles. The summed E-state index contributed by atoms with van der Waals surface area (Å²) in [6.45, 7) is 15.1. The second-order valence-corrected chi connectivity index (χ2v) is 8.92. The van der Waals surface area contributed by atoms with Gasteiger partial charge in [-0.15, -0.1) is 9.60 Å². The van der Waals surface area contributed by atoms with Gasteiger partial charge in [0.25, 0.3) is 0 Å². The van der Waals surface area contributed by atoms with Gasteiger partial charge in [-0.3, -0.25) is 4.98 Å². The monoisotopic (exact) mass is 457 g/mol. The minimum absolute atomic E-state index is 0.545. The summed E-state index contributed by atoms with van der Waals surface area (Å²) in [6.07, 6.45) is 4.21. The third kappa shape index (κ3) is 10.3. The highest BCUT2D eigenvalue weighted by Gasteiger charge is 2.15. The zero-order chi connectivity index (χ0) is 24.1. The highest BCUT2D eigenvalue weighted by atomic mass is 19.2. The number of aromatic nitrogens is 1. The van der Waals surface area contributed by atoms with Crippen molar-refractivity contribution >= 4 is 0 Å². The Kier molecular flexibility index (Phi) is 12.5. The number of hydrogen-bond donors (Lipinski definition) is 1. The van der Waals surface area contributed by atoms with E-state index >= 15 is 0 Å². The van der Waals surface area contributed by atoms with Crippen molar-refractivity contribution in [2.24, 2.45) is 0 Å². The summed E-state index contributed by atoms with van der Waals surface area (Å²) in [7, 11) is 2.13. The van der Waals surface area contributed by atoms with Crippen LogP contribution in [0.15, 0.2) is 42.6 Å². The number of hydrogen-bond acceptors (Lipinski definition) is 5. The summed E-state index contributed by atoms with van der Waals surface area (Å²) in [5, 5.41) is 4.35. The molecule has 1 saturated heterocycles. The van der Waals surface area contributed by atoms with Crippen LogP contribution < -0.4 is 5.32 Å². The lowest BCUT2D eigenvalue weighted by Gasteiger charge is -2.30. The molecule has 1 aromatic carbocycles. The molecule has 0 radical (unpaired) electrons. The van der Waals surface area contributed by atoms with E-state index in [1.54, 1.807) is 0 Å². The molecule has 0 spiro atoms. The van der Waals surface area contributed by atoms with Crippen molar-refractivity contribution in [2.75, 3.05) is 46.3 Å². The minimum Gasteiger partial charge on any atom is -0.310 e. The van der Waals surface area contributed by atoms with E-state index in [2.05, 4.69) is 77.4 Å². The average Bonchev–Trinajstić information content (AvgIpc) is 2.83. The Bertz CT molecular complexity index is 774. The summed E-state index contributed by atoms with van der Waals surface area (Å²) in [4.78, 5) is 9.06. The summed E-state index contributed by atoms with van der Waals surface area (Å²) in [5.41, 5.74) is 5.29. The quantitative estimate of drug-likeness (QED) is 0.648. The molecule has 1 atom stereocenters. The molecular formula is C27H44FN5. The maximum Gasteiger partial charge on any atom is 0.0544 e. The number of fused-ring (bicyclic) bond motifs is 1. The van der Waals surface area contributed by atoms with Gasteiger partial charge >= 0.3 is 0 Å². The van der Waals surface area contributed by atoms with Crippen LogP contribution in [0.2, 0.25) is 0 Å². The number of halogens is 1. The van der Waals surface area contributed by atoms with Crippen LogP contribution in [0, 0.1) is 6.92 Å². The smallest absolute Gasteiger partial charge is 0.0544 e. The summed E-state index contributed by atoms with van der Waals surface area (Å²) in [6, 6.07) is 13.5. The van der Waals surface area contributed by atoms with E-state index in [4.69, 9.17) is 0 Å². The molecule has 1 N–H and O–H groups in total. The summed E-state index contributed by atoms with van der Waals surface area (Å²) < 4.78 is 12.9. The Morgan fingerprint density at radius 1 is 1.06 bits per heavy atom. The molecular weight excluding hydrogens is 413 g/mol. The number of nitrogens with zero attached hydrogens (tertiary/aromatic N) is 4. The number of pyridine rings is 1. The fraction of sp³-hybridized carbons (Fsp3) is 0.593. The standard InChI is InChI=1S/C15H25FN4.C10H13N.C2H6/c1-14-4-5-15(17-12-14)13-18(2)6-3-7-19-8-10-20(16)11-9-19;1-8-6-9-4-2-3-5-10(9)7-11-8;1-2/h4-5,12H,3,6-11,13H2,1-2H3;2-5,8,11H,6-7H2,1H3;1-2H3. The molecule has 0 saturated carbocycles. The van der Waals surface area contributed by atoms with Crippen molar-refractivity contribution in [1.82, 2.24) is 25.2 Å². The Morgan fingerprint density at radius 3 is 2.42 bits per heavy atom. The SMILES string of the molecule is CC.CC1Cc2ccccc2CN1.Cc1ccc(CN(C)CCCN2CCN(F)CC2)nc1. The second-order valence-electron chi connectivity index (χ2n) is 8.92. The number of piperazine rings is 1. The van der Waals surface area contributed by atoms with Crippen molar-refractivity contribution in [3.05, 3.63) is 65.0 Å². The van der Waals surface area contributed by atoms with Crippen molar-refractivity contribution in [1.29, 1.82) is 0 Å². The van der Waals surface area contributed by atoms with Gasteiger partial charge in [0.2, 0.25) is 0 Å². The first-order chi connectivity index (χ1) is 16.0. The fourth-order valence-electron chi connectivity index (χ4n) is 4.07. The molecule has 0 bridgehead atoms. The average molecular weight is 458 g/mol. The zero-order valence-corrected chi connectivity index (χ0v) is 21.4. The Labute approximate surface area is 200 Å². The lowest BCUT2D eigenvalue weighted by atomic mass is 9.97. The van der Waals surface area contributed by atoms with Gasteiger partial charge in [-0.25, -0.2) is 0 Å². The fourth-order valence-corrected chi connectivity index (χ4v) is 4.07. The van der Waals surface area contributed by atoms with Gasteiger partial charge < -0.3 is 15.1 Å². The van der Waals surface area contributed by atoms with E-state index in [-0.39, 0.29) is 0 Å². The van der Waals surface area contributed by atoms with Crippen molar-refractivity contribution in [3.8, 4) is 0 Å². The number of rotatable bonds is 6. The predicted molar refractivity (Wildman–Crippen MR) is 137 cm³/mol. The van der Waals surface area contributed by atoms with Gasteiger partial charge in [0, 0.05) is 51.5 Å². The molecule has 0 aliphatic carbocycles. The molecule has 0 amide bonds. The molecule has 1 unspecified atom stereocenters. The maximum atomic E-state index is 12.9. The minimum atomic E-state index is 0.545. The van der Waals surface area contributed by atoms with E-state index in [1.807, 2.05) is 20.0 Å². The van der Waals surface area contributed by atoms with Crippen molar-refractivity contribution < 1.29 is 4.48 Å². The van der Waals surface area contributed by atoms with Crippen molar-refractivity contribution in [2.45, 2.75) is 59.7 Å². The number of benzene rings is 1. The first-order valence-electron chi connectivity index (χ1n) is 12.5. The lowest BCUT2D eigenvalue weighted by molar-refractivity contribution is -0.0220. The molecule has 4 rings (SSSR count). The van der Waals surface area contributed by atoms with Gasteiger partial charge in [-0.2, -0.15) is 0 Å². The Balaban J connectivity index is 0.000000249. The lowest BCUT2D eigenvalue weighted by Crippen LogP contribution is -2.43. The van der Waals surface area contributed by atoms with E-state index in [9.17, 15) is 4.48 Å². The van der Waals surface area contributed by atoms with Gasteiger partial charge in [0.15, 0.2) is 0 Å². The largest absolute Gasteiger partial charge is 0.310 e. The second kappa shape index (κ2) is 15.1. The van der Waals surface area contributed by atoms with Crippen LogP contribution in [-0.4, -0.2) is 72.3 Å². The van der Waals surface area contributed by atoms with Crippen molar-refractivity contribution in [3.63, 3.8) is 0 Å². The van der Waals surface area contributed by atoms with Gasteiger partial charge in [-0.1, -0.05) is 44.2 Å². The molecule has 1 fully saturated rings. The van der Waals surface area contributed by atoms with Gasteiger partial charge in [0.1, 0.15) is 0 Å². The first kappa shape index (κ1) is 27.4. The van der Waals surface area contributed by atoms with Crippen LogP contribution in [-0.2, 0) is 19.5 Å². The van der Waals surface area contributed by atoms with Crippen LogP contribution in [0.4, 0.5) is 4.48 Å². The molecule has 33 heavy (non-hydrogen) atoms. The highest BCUT2D eigenvalue weighted by molar-refractivity contribution is 5.29. The molecule has 3 heterocycles. The third-order valence-electron chi connectivity index (χ3n) is 6.02. The molecule has 184 valence electrons. The molecule has 5 nitrogen and oxygen atoms in total.